The van der Waals surface area contributed by atoms with Crippen molar-refractivity contribution in [3.05, 3.63) is 35.4 Å². The molecule has 1 atom stereocenters. The summed E-state index contributed by atoms with van der Waals surface area (Å²) >= 11 is 0. The van der Waals surface area contributed by atoms with Gasteiger partial charge in [-0.2, -0.15) is 0 Å². The molecule has 0 aliphatic carbocycles. The fourth-order valence-corrected chi connectivity index (χ4v) is 2.26. The third kappa shape index (κ3) is 3.32. The smallest absolute Gasteiger partial charge is 0.00923 e. The maximum atomic E-state index is 3.05. The van der Waals surface area contributed by atoms with Crippen molar-refractivity contribution >= 4 is 9.24 Å². The van der Waals surface area contributed by atoms with Crippen molar-refractivity contribution in [3.63, 3.8) is 0 Å². The Kier molecular flexibility index (Phi) is 5.49. The second kappa shape index (κ2) is 6.40. The topological polar surface area (TPSA) is 0 Å². The van der Waals surface area contributed by atoms with Gasteiger partial charge >= 0.3 is 0 Å². The highest BCUT2D eigenvalue weighted by Crippen LogP contribution is 2.38. The van der Waals surface area contributed by atoms with Gasteiger partial charge in [-0.05, 0) is 36.8 Å². The summed E-state index contributed by atoms with van der Waals surface area (Å²) in [5.41, 5.74) is 2.98. The second-order valence-electron chi connectivity index (χ2n) is 4.67. The molecular weight excluding hydrogens is 211 g/mol. The molecule has 0 amide bonds. The summed E-state index contributed by atoms with van der Waals surface area (Å²) in [4.78, 5) is 0. The summed E-state index contributed by atoms with van der Waals surface area (Å²) < 4.78 is 0. The minimum absolute atomic E-state index is 0.280. The molecule has 0 N–H and O–H groups in total. The highest BCUT2D eigenvalue weighted by Gasteiger charge is 2.22. The molecule has 1 rings (SSSR count). The molecule has 0 saturated carbocycles. The van der Waals surface area contributed by atoms with E-state index in [1.807, 2.05) is 0 Å². The van der Waals surface area contributed by atoms with Crippen LogP contribution in [0.2, 0.25) is 0 Å². The van der Waals surface area contributed by atoms with Crippen LogP contribution in [0.5, 0.6) is 0 Å². The molecule has 0 spiro atoms. The van der Waals surface area contributed by atoms with Gasteiger partial charge in [-0.25, -0.2) is 0 Å². The molecule has 1 aromatic carbocycles. The first kappa shape index (κ1) is 13.7. The highest BCUT2D eigenvalue weighted by molar-refractivity contribution is 7.18. The van der Waals surface area contributed by atoms with E-state index in [4.69, 9.17) is 0 Å². The van der Waals surface area contributed by atoms with Gasteiger partial charge in [0, 0.05) is 5.16 Å². The van der Waals surface area contributed by atoms with E-state index in [-0.39, 0.29) is 5.16 Å². The SMILES string of the molecule is CCCCc1cccc(C(P)(CC)CC)c1. The molecule has 90 valence electrons. The first-order valence-corrected chi connectivity index (χ1v) is 7.12. The van der Waals surface area contributed by atoms with Crippen molar-refractivity contribution in [2.24, 2.45) is 0 Å². The van der Waals surface area contributed by atoms with Crippen molar-refractivity contribution in [1.29, 1.82) is 0 Å². The molecule has 0 heterocycles. The molecule has 0 nitrogen and oxygen atoms in total. The summed E-state index contributed by atoms with van der Waals surface area (Å²) in [6, 6.07) is 9.14. The molecule has 1 heteroatoms. The predicted molar refractivity (Wildman–Crippen MR) is 77.0 cm³/mol. The monoisotopic (exact) mass is 236 g/mol. The van der Waals surface area contributed by atoms with E-state index in [0.29, 0.717) is 0 Å². The van der Waals surface area contributed by atoms with Crippen LogP contribution in [0.15, 0.2) is 24.3 Å². The van der Waals surface area contributed by atoms with Crippen molar-refractivity contribution in [2.45, 2.75) is 58.0 Å². The average molecular weight is 236 g/mol. The molecule has 0 saturated heterocycles. The maximum Gasteiger partial charge on any atom is 0.00923 e. The van der Waals surface area contributed by atoms with E-state index in [1.54, 1.807) is 0 Å². The lowest BCUT2D eigenvalue weighted by molar-refractivity contribution is 0.578. The van der Waals surface area contributed by atoms with Gasteiger partial charge in [0.15, 0.2) is 0 Å². The molecule has 0 aliphatic heterocycles. The van der Waals surface area contributed by atoms with E-state index in [9.17, 15) is 0 Å². The Morgan fingerprint density at radius 3 is 2.38 bits per heavy atom. The van der Waals surface area contributed by atoms with Crippen molar-refractivity contribution in [1.82, 2.24) is 0 Å². The van der Waals surface area contributed by atoms with Crippen LogP contribution in [0.1, 0.15) is 57.6 Å². The molecule has 1 unspecified atom stereocenters. The molecular formula is C15H25P. The van der Waals surface area contributed by atoms with Crippen LogP contribution in [0, 0.1) is 0 Å². The Hall–Kier alpha value is -0.350. The van der Waals surface area contributed by atoms with Crippen molar-refractivity contribution in [3.8, 4) is 0 Å². The fraction of sp³-hybridized carbons (Fsp3) is 0.600. The Labute approximate surface area is 103 Å². The van der Waals surface area contributed by atoms with Crippen LogP contribution in [0.25, 0.3) is 0 Å². The van der Waals surface area contributed by atoms with Crippen LogP contribution in [0.4, 0.5) is 0 Å². The van der Waals surface area contributed by atoms with Crippen molar-refractivity contribution in [2.75, 3.05) is 0 Å². The normalized spacial score (nSPS) is 11.8. The third-order valence-electron chi connectivity index (χ3n) is 3.58. The molecule has 16 heavy (non-hydrogen) atoms. The fourth-order valence-electron chi connectivity index (χ4n) is 2.08. The zero-order chi connectivity index (χ0) is 12.0. The summed E-state index contributed by atoms with van der Waals surface area (Å²) in [6.45, 7) is 6.80. The van der Waals surface area contributed by atoms with Crippen LogP contribution >= 0.6 is 9.24 Å². The first-order chi connectivity index (χ1) is 7.66. The van der Waals surface area contributed by atoms with Crippen LogP contribution < -0.4 is 0 Å². The molecule has 0 aromatic heterocycles. The highest BCUT2D eigenvalue weighted by atomic mass is 31.0. The predicted octanol–water partition coefficient (Wildman–Crippen LogP) is 4.92. The first-order valence-electron chi connectivity index (χ1n) is 6.54. The van der Waals surface area contributed by atoms with Crippen LogP contribution in [-0.2, 0) is 11.6 Å². The largest absolute Gasteiger partial charge is 0.126 e. The zero-order valence-corrected chi connectivity index (χ0v) is 12.1. The molecule has 0 aliphatic rings. The number of benzene rings is 1. The minimum Gasteiger partial charge on any atom is -0.126 e. The van der Waals surface area contributed by atoms with Gasteiger partial charge in [-0.15, -0.1) is 9.24 Å². The summed E-state index contributed by atoms with van der Waals surface area (Å²) in [5.74, 6) is 0. The Morgan fingerprint density at radius 1 is 1.12 bits per heavy atom. The standard InChI is InChI=1S/C15H25P/c1-4-7-9-13-10-8-11-14(12-13)15(16,5-2)6-3/h8,10-12H,4-7,9,16H2,1-3H3. The van der Waals surface area contributed by atoms with E-state index in [0.717, 1.165) is 0 Å². The lowest BCUT2D eigenvalue weighted by atomic mass is 9.91. The van der Waals surface area contributed by atoms with Gasteiger partial charge in [-0.1, -0.05) is 51.5 Å². The van der Waals surface area contributed by atoms with E-state index in [1.165, 1.54) is 43.2 Å². The van der Waals surface area contributed by atoms with E-state index >= 15 is 0 Å². The molecule has 1 aromatic rings. The quantitative estimate of drug-likeness (QED) is 0.615. The average Bonchev–Trinajstić information content (AvgIpc) is 2.35. The summed E-state index contributed by atoms with van der Waals surface area (Å²) in [5, 5.41) is 0.280. The number of hydrogen-bond acceptors (Lipinski definition) is 0. The Morgan fingerprint density at radius 2 is 1.81 bits per heavy atom. The number of hydrogen-bond donors (Lipinski definition) is 0. The number of unbranched alkanes of at least 4 members (excludes halogenated alkanes) is 1. The third-order valence-corrected chi connectivity index (χ3v) is 4.73. The number of rotatable bonds is 6. The Balaban J connectivity index is 2.88. The Bertz CT molecular complexity index is 313. The van der Waals surface area contributed by atoms with E-state index in [2.05, 4.69) is 54.3 Å². The maximum absolute atomic E-state index is 3.05. The van der Waals surface area contributed by atoms with Crippen molar-refractivity contribution < 1.29 is 0 Å². The van der Waals surface area contributed by atoms with Gasteiger partial charge in [0.2, 0.25) is 0 Å². The summed E-state index contributed by atoms with van der Waals surface area (Å²) in [7, 11) is 3.05. The molecule has 0 fully saturated rings. The van der Waals surface area contributed by atoms with E-state index < -0.39 is 0 Å². The number of aryl methyl sites for hydroxylation is 1. The minimum atomic E-state index is 0.280. The molecule has 0 radical (unpaired) electrons. The van der Waals surface area contributed by atoms with Gasteiger partial charge in [0.1, 0.15) is 0 Å². The lowest BCUT2D eigenvalue weighted by Crippen LogP contribution is -2.15. The zero-order valence-electron chi connectivity index (χ0n) is 10.9. The van der Waals surface area contributed by atoms with Gasteiger partial charge in [0.25, 0.3) is 0 Å². The second-order valence-corrected chi connectivity index (χ2v) is 5.77. The molecule has 0 bridgehead atoms. The summed E-state index contributed by atoms with van der Waals surface area (Å²) in [6.07, 6.45) is 6.17. The van der Waals surface area contributed by atoms with Crippen LogP contribution in [-0.4, -0.2) is 0 Å². The van der Waals surface area contributed by atoms with Gasteiger partial charge in [0.05, 0.1) is 0 Å². The van der Waals surface area contributed by atoms with Gasteiger partial charge in [-0.3, -0.25) is 0 Å². The van der Waals surface area contributed by atoms with Gasteiger partial charge < -0.3 is 0 Å². The lowest BCUT2D eigenvalue weighted by Gasteiger charge is -2.27. The van der Waals surface area contributed by atoms with Crippen LogP contribution in [0.3, 0.4) is 0 Å².